The molecule has 2 rings (SSSR count). The number of rotatable bonds is 5. The Morgan fingerprint density at radius 1 is 1.45 bits per heavy atom. The molecule has 0 spiro atoms. The third-order valence-corrected chi connectivity index (χ3v) is 3.04. The molecule has 20 heavy (non-hydrogen) atoms. The molecule has 6 nitrogen and oxygen atoms in total. The number of primary amides is 1. The number of nitrogens with two attached hydrogens (primary N) is 1. The standard InChI is InChI=1S/C13H12ClN4O2/c14-11-8(2-1-3-9(11)12(15)20)4-5-10(19)18-13-16-6-7-17-13/h1-3,5-7H,4H2,(H2,15,20)(H2,16,17,18,19). The lowest BCUT2D eigenvalue weighted by atomic mass is 10.1. The summed E-state index contributed by atoms with van der Waals surface area (Å²) < 4.78 is 0. The normalized spacial score (nSPS) is 10.2. The average Bonchev–Trinajstić information content (AvgIpc) is 2.90. The number of halogens is 1. The first-order valence-corrected chi connectivity index (χ1v) is 6.16. The molecule has 0 saturated carbocycles. The molecule has 103 valence electrons. The Hall–Kier alpha value is -2.34. The van der Waals surface area contributed by atoms with E-state index in [4.69, 9.17) is 17.3 Å². The number of amides is 2. The lowest BCUT2D eigenvalue weighted by Gasteiger charge is -2.07. The van der Waals surface area contributed by atoms with Crippen molar-refractivity contribution >= 4 is 29.4 Å². The molecule has 1 heterocycles. The largest absolute Gasteiger partial charge is 0.366 e. The number of anilines is 1. The second-order valence-electron chi connectivity index (χ2n) is 3.98. The molecule has 0 saturated heterocycles. The van der Waals surface area contributed by atoms with Crippen LogP contribution < -0.4 is 11.1 Å². The van der Waals surface area contributed by atoms with Gasteiger partial charge in [0.2, 0.25) is 17.8 Å². The van der Waals surface area contributed by atoms with Crippen LogP contribution in [0.25, 0.3) is 0 Å². The minimum atomic E-state index is -0.600. The van der Waals surface area contributed by atoms with Crippen LogP contribution >= 0.6 is 11.6 Å². The molecule has 0 atom stereocenters. The van der Waals surface area contributed by atoms with Crippen molar-refractivity contribution in [3.05, 3.63) is 53.2 Å². The lowest BCUT2D eigenvalue weighted by molar-refractivity contribution is -0.113. The van der Waals surface area contributed by atoms with E-state index >= 15 is 0 Å². The number of nitrogens with zero attached hydrogens (tertiary/aromatic N) is 1. The van der Waals surface area contributed by atoms with Gasteiger partial charge in [0.15, 0.2) is 0 Å². The summed E-state index contributed by atoms with van der Waals surface area (Å²) in [5, 5.41) is 2.82. The molecule has 2 amide bonds. The molecule has 7 heteroatoms. The van der Waals surface area contributed by atoms with Crippen LogP contribution in [0.2, 0.25) is 5.02 Å². The number of H-pyrrole nitrogens is 1. The van der Waals surface area contributed by atoms with Gasteiger partial charge in [0.25, 0.3) is 0 Å². The van der Waals surface area contributed by atoms with Gasteiger partial charge in [-0.25, -0.2) is 4.98 Å². The van der Waals surface area contributed by atoms with Gasteiger partial charge < -0.3 is 10.7 Å². The van der Waals surface area contributed by atoms with Crippen molar-refractivity contribution < 1.29 is 9.59 Å². The third-order valence-electron chi connectivity index (χ3n) is 2.59. The van der Waals surface area contributed by atoms with Gasteiger partial charge in [-0.3, -0.25) is 14.9 Å². The summed E-state index contributed by atoms with van der Waals surface area (Å²) in [6.07, 6.45) is 4.83. The number of nitrogens with one attached hydrogen (secondary N) is 2. The molecule has 0 aliphatic heterocycles. The van der Waals surface area contributed by atoms with Gasteiger partial charge in [-0.15, -0.1) is 0 Å². The van der Waals surface area contributed by atoms with Crippen molar-refractivity contribution in [2.75, 3.05) is 5.32 Å². The van der Waals surface area contributed by atoms with Crippen molar-refractivity contribution in [3.8, 4) is 0 Å². The van der Waals surface area contributed by atoms with Crippen LogP contribution in [0.5, 0.6) is 0 Å². The summed E-state index contributed by atoms with van der Waals surface area (Å²) in [4.78, 5) is 29.4. The predicted octanol–water partition coefficient (Wildman–Crippen LogP) is 1.55. The third kappa shape index (κ3) is 3.36. The predicted molar refractivity (Wildman–Crippen MR) is 75.2 cm³/mol. The van der Waals surface area contributed by atoms with Gasteiger partial charge in [0.1, 0.15) is 0 Å². The molecule has 4 N–H and O–H groups in total. The maximum absolute atomic E-state index is 11.7. The Labute approximate surface area is 120 Å². The molecule has 0 fully saturated rings. The van der Waals surface area contributed by atoms with E-state index in [0.717, 1.165) is 0 Å². The highest BCUT2D eigenvalue weighted by atomic mass is 35.5. The van der Waals surface area contributed by atoms with Gasteiger partial charge in [-0.2, -0.15) is 0 Å². The summed E-state index contributed by atoms with van der Waals surface area (Å²) in [5.74, 6) is -0.555. The highest BCUT2D eigenvalue weighted by Gasteiger charge is 2.12. The van der Waals surface area contributed by atoms with E-state index in [0.29, 0.717) is 11.5 Å². The highest BCUT2D eigenvalue weighted by Crippen LogP contribution is 2.22. The first-order valence-electron chi connectivity index (χ1n) is 5.78. The van der Waals surface area contributed by atoms with Crippen molar-refractivity contribution in [2.24, 2.45) is 5.73 Å². The Bertz CT molecular complexity index is 625. The van der Waals surface area contributed by atoms with Crippen molar-refractivity contribution in [2.45, 2.75) is 6.42 Å². The van der Waals surface area contributed by atoms with Gasteiger partial charge in [-0.05, 0) is 18.1 Å². The molecule has 1 aromatic heterocycles. The number of aromatic nitrogens is 2. The highest BCUT2D eigenvalue weighted by molar-refractivity contribution is 6.34. The SMILES string of the molecule is NC(=O)c1cccc(C[CH]C(=O)Nc2ncc[nH]2)c1Cl. The first kappa shape index (κ1) is 14.1. The van der Waals surface area contributed by atoms with Crippen LogP contribution in [0.4, 0.5) is 5.95 Å². The Balaban J connectivity index is 1.99. The van der Waals surface area contributed by atoms with Crippen LogP contribution in [0.3, 0.4) is 0 Å². The van der Waals surface area contributed by atoms with Crippen LogP contribution in [-0.4, -0.2) is 21.8 Å². The molecule has 0 aliphatic rings. The van der Waals surface area contributed by atoms with E-state index in [1.807, 2.05) is 0 Å². The summed E-state index contributed by atoms with van der Waals surface area (Å²) in [6, 6.07) is 4.93. The maximum Gasteiger partial charge on any atom is 0.250 e. The minimum Gasteiger partial charge on any atom is -0.366 e. The van der Waals surface area contributed by atoms with E-state index in [2.05, 4.69) is 15.3 Å². The fraction of sp³-hybridized carbons (Fsp3) is 0.0769. The van der Waals surface area contributed by atoms with Crippen LogP contribution in [0, 0.1) is 6.42 Å². The number of imidazole rings is 1. The fourth-order valence-corrected chi connectivity index (χ4v) is 1.93. The number of hydrogen-bond donors (Lipinski definition) is 3. The molecule has 0 aliphatic carbocycles. The molecule has 0 unspecified atom stereocenters. The minimum absolute atomic E-state index is 0.240. The average molecular weight is 292 g/mol. The molecule has 0 bridgehead atoms. The molecule has 2 aromatic rings. The topological polar surface area (TPSA) is 101 Å². The van der Waals surface area contributed by atoms with Crippen molar-refractivity contribution in [1.82, 2.24) is 9.97 Å². The zero-order valence-electron chi connectivity index (χ0n) is 10.4. The van der Waals surface area contributed by atoms with Gasteiger partial charge in [-0.1, -0.05) is 23.7 Å². The summed E-state index contributed by atoms with van der Waals surface area (Å²) in [6.45, 7) is 0. The zero-order chi connectivity index (χ0) is 14.5. The second kappa shape index (κ2) is 6.21. The molecular formula is C13H12ClN4O2. The zero-order valence-corrected chi connectivity index (χ0v) is 11.1. The number of carbonyl (C=O) groups excluding carboxylic acids is 2. The Morgan fingerprint density at radius 3 is 2.90 bits per heavy atom. The van der Waals surface area contributed by atoms with Crippen LogP contribution in [-0.2, 0) is 11.2 Å². The molecule has 1 aromatic carbocycles. The monoisotopic (exact) mass is 291 g/mol. The van der Waals surface area contributed by atoms with E-state index in [1.54, 1.807) is 18.3 Å². The van der Waals surface area contributed by atoms with Gasteiger partial charge in [0, 0.05) is 12.4 Å². The van der Waals surface area contributed by atoms with Crippen LogP contribution in [0.15, 0.2) is 30.6 Å². The van der Waals surface area contributed by atoms with Gasteiger partial charge >= 0.3 is 0 Å². The maximum atomic E-state index is 11.7. The van der Waals surface area contributed by atoms with Crippen LogP contribution in [0.1, 0.15) is 15.9 Å². The summed E-state index contributed by atoms with van der Waals surface area (Å²) in [7, 11) is 0. The first-order chi connectivity index (χ1) is 9.58. The quantitative estimate of drug-likeness (QED) is 0.779. The summed E-state index contributed by atoms with van der Waals surface area (Å²) >= 11 is 6.06. The Morgan fingerprint density at radius 2 is 2.25 bits per heavy atom. The second-order valence-corrected chi connectivity index (χ2v) is 4.36. The fourth-order valence-electron chi connectivity index (χ4n) is 1.63. The molecule has 1 radical (unpaired) electrons. The van der Waals surface area contributed by atoms with E-state index in [-0.39, 0.29) is 22.9 Å². The van der Waals surface area contributed by atoms with E-state index in [9.17, 15) is 9.59 Å². The Kier molecular flexibility index (Phi) is 4.37. The van der Waals surface area contributed by atoms with Crippen molar-refractivity contribution in [3.63, 3.8) is 0 Å². The van der Waals surface area contributed by atoms with E-state index < -0.39 is 5.91 Å². The number of carbonyl (C=O) groups is 2. The van der Waals surface area contributed by atoms with Crippen molar-refractivity contribution in [1.29, 1.82) is 0 Å². The number of hydrogen-bond acceptors (Lipinski definition) is 3. The smallest absolute Gasteiger partial charge is 0.250 e. The van der Waals surface area contributed by atoms with Gasteiger partial charge in [0.05, 0.1) is 17.0 Å². The lowest BCUT2D eigenvalue weighted by Crippen LogP contribution is -2.15. The van der Waals surface area contributed by atoms with E-state index in [1.165, 1.54) is 18.7 Å². The summed E-state index contributed by atoms with van der Waals surface area (Å²) in [5.41, 5.74) is 6.09. The molecular weight excluding hydrogens is 280 g/mol. The number of benzene rings is 1. The number of aromatic amines is 1.